The molecule has 0 radical (unpaired) electrons. The zero-order chi connectivity index (χ0) is 8.27. The molecule has 1 rings (SSSR count). The number of carbonyl (C=O) groups is 1. The lowest BCUT2D eigenvalue weighted by Gasteiger charge is -2.15. The summed E-state index contributed by atoms with van der Waals surface area (Å²) < 4.78 is 0. The van der Waals surface area contributed by atoms with Crippen molar-refractivity contribution in [3.8, 4) is 0 Å². The summed E-state index contributed by atoms with van der Waals surface area (Å²) in [6.07, 6.45) is 0.711. The zero-order valence-electron chi connectivity index (χ0n) is 7.18. The molecule has 2 atom stereocenters. The van der Waals surface area contributed by atoms with Crippen LogP contribution in [0.3, 0.4) is 0 Å². The first kappa shape index (κ1) is 8.53. The van der Waals surface area contributed by atoms with E-state index in [-0.39, 0.29) is 5.91 Å². The van der Waals surface area contributed by atoms with Crippen molar-refractivity contribution < 1.29 is 4.79 Å². The maximum Gasteiger partial charge on any atom is 0.220 e. The highest BCUT2D eigenvalue weighted by atomic mass is 16.1. The van der Waals surface area contributed by atoms with Gasteiger partial charge in [-0.3, -0.25) is 4.79 Å². The molecule has 1 heterocycles. The first-order valence-electron chi connectivity index (χ1n) is 4.15. The SMILES string of the molecule is CNCC(C)C1CNC(=O)C1. The van der Waals surface area contributed by atoms with E-state index in [0.29, 0.717) is 18.3 Å². The zero-order valence-corrected chi connectivity index (χ0v) is 7.18. The van der Waals surface area contributed by atoms with Gasteiger partial charge in [0.1, 0.15) is 0 Å². The highest BCUT2D eigenvalue weighted by Crippen LogP contribution is 2.18. The Morgan fingerprint density at radius 2 is 2.55 bits per heavy atom. The van der Waals surface area contributed by atoms with Gasteiger partial charge < -0.3 is 10.6 Å². The number of rotatable bonds is 3. The van der Waals surface area contributed by atoms with Gasteiger partial charge in [-0.25, -0.2) is 0 Å². The summed E-state index contributed by atoms with van der Waals surface area (Å²) in [5.41, 5.74) is 0. The van der Waals surface area contributed by atoms with Crippen molar-refractivity contribution in [2.45, 2.75) is 13.3 Å². The van der Waals surface area contributed by atoms with Crippen molar-refractivity contribution in [1.82, 2.24) is 10.6 Å². The van der Waals surface area contributed by atoms with Crippen LogP contribution in [-0.4, -0.2) is 26.0 Å². The van der Waals surface area contributed by atoms with Crippen LogP contribution in [0.2, 0.25) is 0 Å². The predicted molar refractivity (Wildman–Crippen MR) is 44.2 cm³/mol. The summed E-state index contributed by atoms with van der Waals surface area (Å²) >= 11 is 0. The Labute approximate surface area is 67.5 Å². The van der Waals surface area contributed by atoms with Gasteiger partial charge in [-0.15, -0.1) is 0 Å². The fourth-order valence-electron chi connectivity index (χ4n) is 1.52. The highest BCUT2D eigenvalue weighted by Gasteiger charge is 2.25. The Morgan fingerprint density at radius 3 is 3.00 bits per heavy atom. The molecule has 1 amide bonds. The Kier molecular flexibility index (Phi) is 2.88. The van der Waals surface area contributed by atoms with Crippen molar-refractivity contribution in [1.29, 1.82) is 0 Å². The van der Waals surface area contributed by atoms with Gasteiger partial charge in [0, 0.05) is 13.0 Å². The fourth-order valence-corrected chi connectivity index (χ4v) is 1.52. The molecule has 0 aliphatic carbocycles. The molecule has 3 nitrogen and oxygen atoms in total. The summed E-state index contributed by atoms with van der Waals surface area (Å²) in [6, 6.07) is 0. The minimum absolute atomic E-state index is 0.206. The lowest BCUT2D eigenvalue weighted by Crippen LogP contribution is -2.24. The Hall–Kier alpha value is -0.570. The number of hydrogen-bond acceptors (Lipinski definition) is 2. The summed E-state index contributed by atoms with van der Waals surface area (Å²) in [4.78, 5) is 10.8. The Balaban J connectivity index is 2.30. The molecule has 3 heteroatoms. The summed E-state index contributed by atoms with van der Waals surface area (Å²) in [6.45, 7) is 4.04. The van der Waals surface area contributed by atoms with E-state index in [0.717, 1.165) is 13.1 Å². The Morgan fingerprint density at radius 1 is 1.82 bits per heavy atom. The van der Waals surface area contributed by atoms with Crippen LogP contribution in [0.25, 0.3) is 0 Å². The van der Waals surface area contributed by atoms with Crippen LogP contribution in [0, 0.1) is 11.8 Å². The molecule has 0 saturated carbocycles. The molecule has 64 valence electrons. The molecule has 0 spiro atoms. The molecule has 1 saturated heterocycles. The van der Waals surface area contributed by atoms with Gasteiger partial charge in [0.2, 0.25) is 5.91 Å². The third-order valence-corrected chi connectivity index (χ3v) is 2.34. The maximum atomic E-state index is 10.8. The van der Waals surface area contributed by atoms with E-state index in [1.807, 2.05) is 7.05 Å². The molecular formula is C8H16N2O. The van der Waals surface area contributed by atoms with E-state index in [1.165, 1.54) is 0 Å². The van der Waals surface area contributed by atoms with E-state index in [2.05, 4.69) is 17.6 Å². The van der Waals surface area contributed by atoms with Crippen LogP contribution in [0.4, 0.5) is 0 Å². The first-order chi connectivity index (χ1) is 5.24. The minimum Gasteiger partial charge on any atom is -0.356 e. The average Bonchev–Trinajstić information content (AvgIpc) is 2.36. The molecule has 0 aromatic heterocycles. The van der Waals surface area contributed by atoms with Crippen molar-refractivity contribution in [2.24, 2.45) is 11.8 Å². The fraction of sp³-hybridized carbons (Fsp3) is 0.875. The van der Waals surface area contributed by atoms with E-state index >= 15 is 0 Å². The quantitative estimate of drug-likeness (QED) is 0.603. The van der Waals surface area contributed by atoms with Crippen LogP contribution in [0.1, 0.15) is 13.3 Å². The minimum atomic E-state index is 0.206. The normalized spacial score (nSPS) is 26.7. The van der Waals surface area contributed by atoms with Crippen LogP contribution in [0.15, 0.2) is 0 Å². The van der Waals surface area contributed by atoms with E-state index < -0.39 is 0 Å². The molecule has 2 N–H and O–H groups in total. The van der Waals surface area contributed by atoms with Crippen LogP contribution in [-0.2, 0) is 4.79 Å². The van der Waals surface area contributed by atoms with Crippen LogP contribution >= 0.6 is 0 Å². The average molecular weight is 156 g/mol. The highest BCUT2D eigenvalue weighted by molar-refractivity contribution is 5.78. The second kappa shape index (κ2) is 3.72. The lowest BCUT2D eigenvalue weighted by atomic mass is 9.93. The van der Waals surface area contributed by atoms with Gasteiger partial charge in [-0.1, -0.05) is 6.92 Å². The van der Waals surface area contributed by atoms with Crippen molar-refractivity contribution in [3.63, 3.8) is 0 Å². The van der Waals surface area contributed by atoms with Gasteiger partial charge >= 0.3 is 0 Å². The van der Waals surface area contributed by atoms with Crippen molar-refractivity contribution >= 4 is 5.91 Å². The van der Waals surface area contributed by atoms with Gasteiger partial charge in [0.15, 0.2) is 0 Å². The molecule has 0 aromatic carbocycles. The van der Waals surface area contributed by atoms with Gasteiger partial charge in [0.25, 0.3) is 0 Å². The van der Waals surface area contributed by atoms with Crippen LogP contribution in [0.5, 0.6) is 0 Å². The lowest BCUT2D eigenvalue weighted by molar-refractivity contribution is -0.119. The summed E-state index contributed by atoms with van der Waals surface area (Å²) in [5.74, 6) is 1.34. The molecule has 1 aliphatic heterocycles. The second-order valence-electron chi connectivity index (χ2n) is 3.30. The third-order valence-electron chi connectivity index (χ3n) is 2.34. The Bertz CT molecular complexity index is 147. The van der Waals surface area contributed by atoms with Crippen molar-refractivity contribution in [3.05, 3.63) is 0 Å². The molecule has 1 aliphatic rings. The standard InChI is InChI=1S/C8H16N2O/c1-6(4-9-2)7-3-8(11)10-5-7/h6-7,9H,3-5H2,1-2H3,(H,10,11). The van der Waals surface area contributed by atoms with E-state index in [4.69, 9.17) is 0 Å². The van der Waals surface area contributed by atoms with Gasteiger partial charge in [-0.2, -0.15) is 0 Å². The monoisotopic (exact) mass is 156 g/mol. The van der Waals surface area contributed by atoms with Crippen LogP contribution < -0.4 is 10.6 Å². The third kappa shape index (κ3) is 2.19. The predicted octanol–water partition coefficient (Wildman–Crippen LogP) is -0.0220. The van der Waals surface area contributed by atoms with E-state index in [9.17, 15) is 4.79 Å². The molecule has 1 fully saturated rings. The number of nitrogens with one attached hydrogen (secondary N) is 2. The van der Waals surface area contributed by atoms with Gasteiger partial charge in [0.05, 0.1) is 0 Å². The molecule has 11 heavy (non-hydrogen) atoms. The smallest absolute Gasteiger partial charge is 0.220 e. The maximum absolute atomic E-state index is 10.8. The van der Waals surface area contributed by atoms with Crippen molar-refractivity contribution in [2.75, 3.05) is 20.1 Å². The topological polar surface area (TPSA) is 41.1 Å². The van der Waals surface area contributed by atoms with Gasteiger partial charge in [-0.05, 0) is 25.4 Å². The largest absolute Gasteiger partial charge is 0.356 e. The number of carbonyl (C=O) groups excluding carboxylic acids is 1. The molecule has 0 aromatic rings. The second-order valence-corrected chi connectivity index (χ2v) is 3.30. The van der Waals surface area contributed by atoms with E-state index in [1.54, 1.807) is 0 Å². The summed E-state index contributed by atoms with van der Waals surface area (Å²) in [7, 11) is 1.95. The number of hydrogen-bond donors (Lipinski definition) is 2. The first-order valence-corrected chi connectivity index (χ1v) is 4.15. The molecule has 0 bridgehead atoms. The summed E-state index contributed by atoms with van der Waals surface area (Å²) in [5, 5.41) is 5.96. The number of amides is 1. The molecule has 2 unspecified atom stereocenters. The molecular weight excluding hydrogens is 140 g/mol.